The molecule has 0 aromatic heterocycles. The van der Waals surface area contributed by atoms with E-state index in [9.17, 15) is 0 Å². The van der Waals surface area contributed by atoms with E-state index >= 15 is 0 Å². The third kappa shape index (κ3) is 8.51. The first-order chi connectivity index (χ1) is 11.7. The maximum Gasteiger partial charge on any atom is 4.00 e. The first kappa shape index (κ1) is 30.5. The first-order valence-electron chi connectivity index (χ1n) is 9.60. The normalized spacial score (nSPS) is 12.2. The van der Waals surface area contributed by atoms with Gasteiger partial charge in [-0.05, 0) is 17.4 Å². The number of nitrogens with one attached hydrogen (secondary N) is 1. The third-order valence-corrected chi connectivity index (χ3v) is 4.53. The van der Waals surface area contributed by atoms with Gasteiger partial charge in [0.2, 0.25) is 0 Å². The van der Waals surface area contributed by atoms with Crippen molar-refractivity contribution in [2.45, 2.75) is 85.1 Å². The number of hydrogen-bond acceptors (Lipinski definition) is 0. The molecule has 0 heterocycles. The summed E-state index contributed by atoms with van der Waals surface area (Å²) in [5.74, 6) is 0. The molecule has 0 unspecified atom stereocenters. The minimum absolute atomic E-state index is 0. The van der Waals surface area contributed by atoms with Gasteiger partial charge in [0.25, 0.3) is 0 Å². The summed E-state index contributed by atoms with van der Waals surface area (Å²) in [7, 11) is 0. The Kier molecular flexibility index (Phi) is 11.1. The first-order valence-corrected chi connectivity index (χ1v) is 9.60. The Balaban J connectivity index is 0. The molecule has 0 aliphatic heterocycles. The zero-order valence-electron chi connectivity index (χ0n) is 20.6. The number of hydrogen-bond donors (Lipinski definition) is 0. The molecule has 1 N–H and O–H groups in total. The van der Waals surface area contributed by atoms with E-state index in [1.54, 1.807) is 0 Å². The van der Waals surface area contributed by atoms with Crippen molar-refractivity contribution in [1.29, 1.82) is 0 Å². The summed E-state index contributed by atoms with van der Waals surface area (Å²) in [6.45, 7) is 19.2. The van der Waals surface area contributed by atoms with Crippen LogP contribution in [0.2, 0.25) is 0 Å². The average Bonchev–Trinajstić information content (AvgIpc) is 2.80. The molecule has 29 heavy (non-hydrogen) atoms. The van der Waals surface area contributed by atoms with Crippen LogP contribution in [0.1, 0.15) is 84.6 Å². The molecule has 2 heteroatoms. The van der Waals surface area contributed by atoms with E-state index in [1.807, 2.05) is 20.8 Å². The molecule has 1 aliphatic carbocycles. The summed E-state index contributed by atoms with van der Waals surface area (Å²) in [6.07, 6.45) is 1.03. The molecule has 0 bridgehead atoms. The van der Waals surface area contributed by atoms with Gasteiger partial charge < -0.3 is 20.6 Å². The minimum Gasteiger partial charge on any atom is -0.673 e. The zero-order valence-corrected chi connectivity index (χ0v) is 23.1. The fourth-order valence-corrected chi connectivity index (χ4v) is 2.98. The summed E-state index contributed by atoms with van der Waals surface area (Å²) in [6, 6.07) is 15.1. The number of fused-ring (bicyclic) bond motifs is 3. The zero-order chi connectivity index (χ0) is 19.9. The van der Waals surface area contributed by atoms with E-state index < -0.39 is 0 Å². The number of rotatable bonds is 0. The van der Waals surface area contributed by atoms with E-state index in [-0.39, 0.29) is 57.4 Å². The topological polar surface area (TPSA) is 23.8 Å². The van der Waals surface area contributed by atoms with Gasteiger partial charge in [0.05, 0.1) is 0 Å². The van der Waals surface area contributed by atoms with Gasteiger partial charge >= 0.3 is 26.2 Å². The SMILES string of the molecule is CC(C)(C)[NH-].CC(C)(C)c1c[c-]c2c(c1)-c1cc(C(C)(C)C)ccc1C2.[CH3-].[CH3-].[Zr+4]. The van der Waals surface area contributed by atoms with Crippen molar-refractivity contribution >= 4 is 0 Å². The van der Waals surface area contributed by atoms with Gasteiger partial charge in [0.15, 0.2) is 0 Å². The van der Waals surface area contributed by atoms with Crippen LogP contribution in [0.25, 0.3) is 16.9 Å². The summed E-state index contributed by atoms with van der Waals surface area (Å²) < 4.78 is 0. The molecule has 0 atom stereocenters. The van der Waals surface area contributed by atoms with Crippen LogP contribution in [0, 0.1) is 20.9 Å². The van der Waals surface area contributed by atoms with Crippen molar-refractivity contribution in [2.75, 3.05) is 0 Å². The van der Waals surface area contributed by atoms with Gasteiger partial charge in [-0.25, -0.2) is 0 Å². The standard InChI is InChI=1S/C21H25.C4H10N.2CH3.Zr/c1-20(2,3)16-9-7-14-11-15-8-10-17(21(4,5)6)13-19(15)18(14)12-16;1-4(2,3)5;;;/h7,9-10,12-13H,11H2,1-6H3;5H,1-3H3;2*1H3;/q4*-1;+4. The Morgan fingerprint density at radius 1 is 0.759 bits per heavy atom. The molecule has 0 saturated carbocycles. The molecular weight excluding hydrogens is 430 g/mol. The Morgan fingerprint density at radius 3 is 1.66 bits per heavy atom. The second kappa shape index (κ2) is 10.5. The number of benzene rings is 2. The quantitative estimate of drug-likeness (QED) is 0.295. The van der Waals surface area contributed by atoms with Crippen LogP contribution in [0.4, 0.5) is 0 Å². The fraction of sp³-hybridized carbons (Fsp3) is 0.481. The smallest absolute Gasteiger partial charge is 0.673 e. The van der Waals surface area contributed by atoms with Gasteiger partial charge in [-0.2, -0.15) is 29.3 Å². The molecule has 0 amide bonds. The van der Waals surface area contributed by atoms with Crippen LogP contribution in [0.5, 0.6) is 0 Å². The molecule has 0 radical (unpaired) electrons. The van der Waals surface area contributed by atoms with Crippen LogP contribution in [-0.2, 0) is 43.5 Å². The van der Waals surface area contributed by atoms with E-state index in [0.717, 1.165) is 6.42 Å². The van der Waals surface area contributed by atoms with Gasteiger partial charge in [-0.1, -0.05) is 97.1 Å². The Morgan fingerprint density at radius 2 is 1.21 bits per heavy atom. The van der Waals surface area contributed by atoms with Crippen molar-refractivity contribution in [3.8, 4) is 11.1 Å². The maximum absolute atomic E-state index is 6.94. The second-order valence-electron chi connectivity index (χ2n) is 10.6. The van der Waals surface area contributed by atoms with Crippen molar-refractivity contribution in [3.05, 3.63) is 79.2 Å². The van der Waals surface area contributed by atoms with E-state index in [2.05, 4.69) is 77.9 Å². The summed E-state index contributed by atoms with van der Waals surface area (Å²) in [4.78, 5) is 0. The Hall–Kier alpha value is -0.717. The summed E-state index contributed by atoms with van der Waals surface area (Å²) in [5, 5.41) is 0. The van der Waals surface area contributed by atoms with E-state index in [0.29, 0.717) is 0 Å². The molecule has 1 nitrogen and oxygen atoms in total. The van der Waals surface area contributed by atoms with Crippen molar-refractivity contribution < 1.29 is 26.2 Å². The second-order valence-corrected chi connectivity index (χ2v) is 10.6. The van der Waals surface area contributed by atoms with Crippen molar-refractivity contribution in [1.82, 2.24) is 0 Å². The molecule has 0 fully saturated rings. The molecular formula is C27H41NZr. The maximum atomic E-state index is 6.94. The van der Waals surface area contributed by atoms with Crippen LogP contribution in [-0.4, -0.2) is 5.54 Å². The van der Waals surface area contributed by atoms with E-state index in [4.69, 9.17) is 5.73 Å². The van der Waals surface area contributed by atoms with Crippen LogP contribution in [0.15, 0.2) is 30.3 Å². The van der Waals surface area contributed by atoms with Gasteiger partial charge in [-0.3, -0.25) is 0 Å². The van der Waals surface area contributed by atoms with Crippen molar-refractivity contribution in [3.63, 3.8) is 0 Å². The van der Waals surface area contributed by atoms with Crippen LogP contribution < -0.4 is 0 Å². The Labute approximate surface area is 201 Å². The largest absolute Gasteiger partial charge is 4.00 e. The predicted octanol–water partition coefficient (Wildman–Crippen LogP) is 8.39. The molecule has 158 valence electrons. The summed E-state index contributed by atoms with van der Waals surface area (Å²) in [5.41, 5.74) is 15.4. The van der Waals surface area contributed by atoms with Crippen LogP contribution in [0.3, 0.4) is 0 Å². The van der Waals surface area contributed by atoms with Crippen molar-refractivity contribution in [2.24, 2.45) is 0 Å². The molecule has 2 aromatic rings. The fourth-order valence-electron chi connectivity index (χ4n) is 2.98. The molecule has 3 rings (SSSR count). The van der Waals surface area contributed by atoms with E-state index in [1.165, 1.54) is 33.4 Å². The molecule has 0 spiro atoms. The van der Waals surface area contributed by atoms with Gasteiger partial charge in [-0.15, -0.1) is 11.1 Å². The van der Waals surface area contributed by atoms with Gasteiger partial charge in [0, 0.05) is 0 Å². The van der Waals surface area contributed by atoms with Gasteiger partial charge in [0.1, 0.15) is 0 Å². The molecule has 0 saturated heterocycles. The summed E-state index contributed by atoms with van der Waals surface area (Å²) >= 11 is 0. The average molecular weight is 471 g/mol. The monoisotopic (exact) mass is 469 g/mol. The molecule has 1 aliphatic rings. The van der Waals surface area contributed by atoms with Crippen LogP contribution >= 0.6 is 0 Å². The third-order valence-electron chi connectivity index (χ3n) is 4.53. The Bertz CT molecular complexity index is 716. The molecule has 2 aromatic carbocycles. The predicted molar refractivity (Wildman–Crippen MR) is 128 cm³/mol. The minimum atomic E-state index is -0.250.